The summed E-state index contributed by atoms with van der Waals surface area (Å²) in [6.07, 6.45) is 1.78. The highest BCUT2D eigenvalue weighted by atomic mass is 35.5. The average Bonchev–Trinajstić information content (AvgIpc) is 2.99. The second-order valence-electron chi connectivity index (χ2n) is 4.08. The molecule has 0 aliphatic carbocycles. The summed E-state index contributed by atoms with van der Waals surface area (Å²) >= 11 is 7.54. The van der Waals surface area contributed by atoms with E-state index in [0.717, 1.165) is 21.7 Å². The molecule has 1 aromatic carbocycles. The van der Waals surface area contributed by atoms with E-state index in [4.69, 9.17) is 17.4 Å². The molecule has 0 radical (unpaired) electrons. The Morgan fingerprint density at radius 1 is 1.35 bits per heavy atom. The van der Waals surface area contributed by atoms with Gasteiger partial charge >= 0.3 is 0 Å². The number of fused-ring (bicyclic) bond motifs is 1. The Bertz CT molecular complexity index is 745. The van der Waals surface area contributed by atoms with Crippen molar-refractivity contribution in [2.45, 2.75) is 0 Å². The van der Waals surface area contributed by atoms with Crippen LogP contribution in [0.1, 0.15) is 0 Å². The number of anilines is 3. The van der Waals surface area contributed by atoms with Gasteiger partial charge in [0.1, 0.15) is 10.8 Å². The van der Waals surface area contributed by atoms with Crippen molar-refractivity contribution in [3.63, 3.8) is 0 Å². The number of rotatable bonds is 3. The molecule has 3 aromatic rings. The van der Waals surface area contributed by atoms with Crippen molar-refractivity contribution in [1.29, 1.82) is 0 Å². The van der Waals surface area contributed by atoms with Crippen LogP contribution < -0.4 is 16.2 Å². The third-order valence-corrected chi connectivity index (χ3v) is 3.92. The van der Waals surface area contributed by atoms with E-state index in [-0.39, 0.29) is 0 Å². The number of nitrogens with two attached hydrogens (primary N) is 1. The van der Waals surface area contributed by atoms with E-state index in [1.165, 1.54) is 11.3 Å². The lowest BCUT2D eigenvalue weighted by atomic mass is 10.2. The maximum absolute atomic E-state index is 6.01. The average molecular weight is 307 g/mol. The molecule has 2 heterocycles. The first-order valence-electron chi connectivity index (χ1n) is 5.75. The van der Waals surface area contributed by atoms with Crippen LogP contribution in [0.15, 0.2) is 29.9 Å². The van der Waals surface area contributed by atoms with Crippen LogP contribution in [0.2, 0.25) is 5.02 Å². The monoisotopic (exact) mass is 306 g/mol. The summed E-state index contributed by atoms with van der Waals surface area (Å²) in [5.41, 5.74) is 4.98. The molecule has 0 saturated carbocycles. The van der Waals surface area contributed by atoms with Gasteiger partial charge in [-0.15, -0.1) is 11.3 Å². The minimum Gasteiger partial charge on any atom is -0.319 e. The van der Waals surface area contributed by atoms with E-state index in [9.17, 15) is 0 Å². The standard InChI is InChI=1S/C12H11ClN6S/c1-19(10-5-15-6-20-10)11-8-3-2-7(13)4-9(8)16-12(17-11)18-14/h2-6H,14H2,1H3,(H,16,17,18). The number of nitrogen functional groups attached to an aromatic ring is 1. The molecule has 3 rings (SSSR count). The summed E-state index contributed by atoms with van der Waals surface area (Å²) in [5.74, 6) is 6.51. The van der Waals surface area contributed by atoms with E-state index >= 15 is 0 Å². The normalized spacial score (nSPS) is 10.8. The number of hydrazine groups is 1. The van der Waals surface area contributed by atoms with Gasteiger partial charge in [0.05, 0.1) is 17.2 Å². The number of hydrogen-bond acceptors (Lipinski definition) is 7. The van der Waals surface area contributed by atoms with Crippen LogP contribution in [0, 0.1) is 0 Å². The number of thiazole rings is 1. The fourth-order valence-corrected chi connectivity index (χ4v) is 2.65. The first kappa shape index (κ1) is 13.0. The van der Waals surface area contributed by atoms with Crippen molar-refractivity contribution < 1.29 is 0 Å². The van der Waals surface area contributed by atoms with Crippen molar-refractivity contribution in [3.05, 3.63) is 34.9 Å². The molecule has 6 nitrogen and oxygen atoms in total. The van der Waals surface area contributed by atoms with E-state index in [2.05, 4.69) is 20.4 Å². The maximum Gasteiger partial charge on any atom is 0.239 e. The molecule has 0 atom stereocenters. The van der Waals surface area contributed by atoms with Crippen LogP contribution in [0.5, 0.6) is 0 Å². The Morgan fingerprint density at radius 2 is 2.20 bits per heavy atom. The SMILES string of the molecule is CN(c1cncs1)c1nc(NN)nc2cc(Cl)ccc12. The third kappa shape index (κ3) is 2.26. The number of nitrogens with one attached hydrogen (secondary N) is 1. The molecular formula is C12H11ClN6S. The molecule has 0 fully saturated rings. The Morgan fingerprint density at radius 3 is 2.90 bits per heavy atom. The lowest BCUT2D eigenvalue weighted by Gasteiger charge is -2.18. The second kappa shape index (κ2) is 5.20. The molecule has 0 saturated heterocycles. The molecule has 3 N–H and O–H groups in total. The van der Waals surface area contributed by atoms with Gasteiger partial charge in [0.2, 0.25) is 5.95 Å². The van der Waals surface area contributed by atoms with Gasteiger partial charge in [-0.05, 0) is 18.2 Å². The summed E-state index contributed by atoms with van der Waals surface area (Å²) in [5, 5.41) is 2.48. The quantitative estimate of drug-likeness (QED) is 0.572. The molecule has 0 aliphatic rings. The van der Waals surface area contributed by atoms with Crippen LogP contribution in [0.25, 0.3) is 10.9 Å². The highest BCUT2D eigenvalue weighted by Crippen LogP contribution is 2.32. The molecule has 0 unspecified atom stereocenters. The van der Waals surface area contributed by atoms with Gasteiger partial charge in [0, 0.05) is 17.5 Å². The van der Waals surface area contributed by atoms with Crippen molar-refractivity contribution in [1.82, 2.24) is 15.0 Å². The summed E-state index contributed by atoms with van der Waals surface area (Å²) in [6, 6.07) is 5.49. The molecule has 8 heteroatoms. The molecule has 0 bridgehead atoms. The molecule has 0 spiro atoms. The largest absolute Gasteiger partial charge is 0.319 e. The number of nitrogens with zero attached hydrogens (tertiary/aromatic N) is 4. The molecule has 20 heavy (non-hydrogen) atoms. The topological polar surface area (TPSA) is 80.0 Å². The van der Waals surface area contributed by atoms with Crippen molar-refractivity contribution in [3.8, 4) is 0 Å². The third-order valence-electron chi connectivity index (χ3n) is 2.84. The van der Waals surface area contributed by atoms with Gasteiger partial charge in [-0.25, -0.2) is 10.8 Å². The molecule has 0 amide bonds. The zero-order valence-corrected chi connectivity index (χ0v) is 12.1. The molecular weight excluding hydrogens is 296 g/mol. The number of hydrogen-bond donors (Lipinski definition) is 2. The van der Waals surface area contributed by atoms with Gasteiger partial charge in [-0.2, -0.15) is 4.98 Å². The van der Waals surface area contributed by atoms with Crippen LogP contribution in [-0.4, -0.2) is 22.0 Å². The maximum atomic E-state index is 6.01. The van der Waals surface area contributed by atoms with Crippen molar-refractivity contribution in [2.75, 3.05) is 17.4 Å². The summed E-state index contributed by atoms with van der Waals surface area (Å²) < 4.78 is 0. The van der Waals surface area contributed by atoms with Gasteiger partial charge in [-0.1, -0.05) is 11.6 Å². The number of benzene rings is 1. The Kier molecular flexibility index (Phi) is 3.39. The van der Waals surface area contributed by atoms with Crippen LogP contribution in [0.3, 0.4) is 0 Å². The van der Waals surface area contributed by atoms with E-state index in [1.807, 2.05) is 24.1 Å². The highest BCUT2D eigenvalue weighted by Gasteiger charge is 2.14. The predicted molar refractivity (Wildman–Crippen MR) is 82.5 cm³/mol. The molecule has 102 valence electrons. The fourth-order valence-electron chi connectivity index (χ4n) is 1.89. The van der Waals surface area contributed by atoms with Gasteiger partial charge < -0.3 is 4.90 Å². The lowest BCUT2D eigenvalue weighted by molar-refractivity contribution is 1.10. The lowest BCUT2D eigenvalue weighted by Crippen LogP contribution is -2.15. The number of halogens is 1. The smallest absolute Gasteiger partial charge is 0.239 e. The minimum absolute atomic E-state index is 0.339. The zero-order valence-electron chi connectivity index (χ0n) is 10.5. The van der Waals surface area contributed by atoms with Crippen LogP contribution in [-0.2, 0) is 0 Å². The van der Waals surface area contributed by atoms with Crippen molar-refractivity contribution in [2.24, 2.45) is 5.84 Å². The first-order valence-corrected chi connectivity index (χ1v) is 7.01. The predicted octanol–water partition coefficient (Wildman–Crippen LogP) is 2.79. The summed E-state index contributed by atoms with van der Waals surface area (Å²) in [4.78, 5) is 14.7. The van der Waals surface area contributed by atoms with Gasteiger partial charge in [0.15, 0.2) is 0 Å². The van der Waals surface area contributed by atoms with E-state index in [1.54, 1.807) is 17.8 Å². The summed E-state index contributed by atoms with van der Waals surface area (Å²) in [7, 11) is 1.92. The Balaban J connectivity index is 2.22. The van der Waals surface area contributed by atoms with Crippen LogP contribution in [0.4, 0.5) is 16.8 Å². The van der Waals surface area contributed by atoms with Gasteiger partial charge in [0.25, 0.3) is 0 Å². The Labute approximate surface area is 124 Å². The molecule has 0 aliphatic heterocycles. The second-order valence-corrected chi connectivity index (χ2v) is 5.38. The first-order chi connectivity index (χ1) is 9.69. The molecule has 2 aromatic heterocycles. The summed E-state index contributed by atoms with van der Waals surface area (Å²) in [6.45, 7) is 0. The van der Waals surface area contributed by atoms with Crippen molar-refractivity contribution >= 4 is 50.6 Å². The number of aromatic nitrogens is 3. The van der Waals surface area contributed by atoms with E-state index in [0.29, 0.717) is 11.0 Å². The van der Waals surface area contributed by atoms with E-state index < -0.39 is 0 Å². The Hall–Kier alpha value is -1.96. The van der Waals surface area contributed by atoms with Crippen LogP contribution >= 0.6 is 22.9 Å². The zero-order chi connectivity index (χ0) is 14.1. The highest BCUT2D eigenvalue weighted by molar-refractivity contribution is 7.13. The fraction of sp³-hybridized carbons (Fsp3) is 0.0833. The van der Waals surface area contributed by atoms with Gasteiger partial charge in [-0.3, -0.25) is 10.4 Å². The minimum atomic E-state index is 0.339.